The normalized spacial score (nSPS) is 16.3. The predicted molar refractivity (Wildman–Crippen MR) is 98.3 cm³/mol. The molecule has 136 valence electrons. The van der Waals surface area contributed by atoms with E-state index in [4.69, 9.17) is 0 Å². The summed E-state index contributed by atoms with van der Waals surface area (Å²) in [6.45, 7) is 1.38. The minimum atomic E-state index is -0.453. The molecule has 3 N–H and O–H groups in total. The van der Waals surface area contributed by atoms with Gasteiger partial charge in [0.25, 0.3) is 5.91 Å². The van der Waals surface area contributed by atoms with Crippen molar-refractivity contribution in [3.63, 3.8) is 0 Å². The third-order valence-corrected chi connectivity index (χ3v) is 4.36. The Morgan fingerprint density at radius 3 is 2.77 bits per heavy atom. The first-order valence-corrected chi connectivity index (χ1v) is 8.76. The van der Waals surface area contributed by atoms with E-state index in [0.29, 0.717) is 18.7 Å². The van der Waals surface area contributed by atoms with Gasteiger partial charge in [-0.25, -0.2) is 4.39 Å². The number of carbonyl (C=O) groups is 2. The highest BCUT2D eigenvalue weighted by Gasteiger charge is 2.17. The van der Waals surface area contributed by atoms with E-state index in [1.54, 1.807) is 24.3 Å². The van der Waals surface area contributed by atoms with Crippen molar-refractivity contribution in [2.75, 3.05) is 11.9 Å². The zero-order valence-corrected chi connectivity index (χ0v) is 14.4. The Labute approximate surface area is 152 Å². The molecule has 1 aliphatic rings. The van der Waals surface area contributed by atoms with Gasteiger partial charge in [0.15, 0.2) is 0 Å². The summed E-state index contributed by atoms with van der Waals surface area (Å²) in [6, 6.07) is 13.0. The van der Waals surface area contributed by atoms with Crippen LogP contribution < -0.4 is 16.0 Å². The van der Waals surface area contributed by atoms with Crippen molar-refractivity contribution in [1.82, 2.24) is 10.6 Å². The summed E-state index contributed by atoms with van der Waals surface area (Å²) in [4.78, 5) is 24.2. The number of benzene rings is 2. The van der Waals surface area contributed by atoms with Gasteiger partial charge in [-0.3, -0.25) is 9.59 Å². The van der Waals surface area contributed by atoms with Crippen LogP contribution in [0.1, 0.15) is 35.2 Å². The number of anilines is 1. The van der Waals surface area contributed by atoms with Crippen LogP contribution in [0.4, 0.5) is 10.1 Å². The molecule has 0 saturated carbocycles. The predicted octanol–water partition coefficient (Wildman–Crippen LogP) is 2.84. The molecule has 1 aliphatic heterocycles. The average Bonchev–Trinajstić information content (AvgIpc) is 3.13. The van der Waals surface area contributed by atoms with Crippen LogP contribution in [-0.4, -0.2) is 24.4 Å². The third kappa shape index (κ3) is 5.13. The van der Waals surface area contributed by atoms with E-state index in [0.717, 1.165) is 24.9 Å². The molecule has 2 amide bonds. The van der Waals surface area contributed by atoms with Gasteiger partial charge < -0.3 is 16.0 Å². The lowest BCUT2D eigenvalue weighted by atomic mass is 10.1. The van der Waals surface area contributed by atoms with Crippen molar-refractivity contribution < 1.29 is 14.0 Å². The van der Waals surface area contributed by atoms with Crippen LogP contribution in [0, 0.1) is 5.82 Å². The summed E-state index contributed by atoms with van der Waals surface area (Å²) in [5.41, 5.74) is 1.74. The molecule has 1 saturated heterocycles. The number of hydrogen-bond acceptors (Lipinski definition) is 3. The molecule has 3 rings (SSSR count). The molecule has 1 atom stereocenters. The summed E-state index contributed by atoms with van der Waals surface area (Å²) in [7, 11) is 0. The molecule has 0 spiro atoms. The first-order chi connectivity index (χ1) is 12.6. The molecular weight excluding hydrogens is 333 g/mol. The maximum Gasteiger partial charge on any atom is 0.255 e. The molecule has 2 aromatic rings. The van der Waals surface area contributed by atoms with E-state index in [1.807, 2.05) is 6.07 Å². The Morgan fingerprint density at radius 1 is 1.15 bits per heavy atom. The highest BCUT2D eigenvalue weighted by atomic mass is 19.1. The highest BCUT2D eigenvalue weighted by Crippen LogP contribution is 2.14. The molecule has 1 unspecified atom stereocenters. The maximum atomic E-state index is 13.2. The van der Waals surface area contributed by atoms with Gasteiger partial charge in [0.2, 0.25) is 5.91 Å². The van der Waals surface area contributed by atoms with Gasteiger partial charge in [-0.05, 0) is 55.3 Å². The van der Waals surface area contributed by atoms with E-state index in [1.165, 1.54) is 18.2 Å². The minimum Gasteiger partial charge on any atom is -0.352 e. The van der Waals surface area contributed by atoms with Crippen molar-refractivity contribution in [1.29, 1.82) is 0 Å². The van der Waals surface area contributed by atoms with Crippen LogP contribution in [0.15, 0.2) is 48.5 Å². The Kier molecular flexibility index (Phi) is 5.96. The molecule has 1 fully saturated rings. The van der Waals surface area contributed by atoms with E-state index >= 15 is 0 Å². The second-order valence-corrected chi connectivity index (χ2v) is 6.44. The highest BCUT2D eigenvalue weighted by molar-refractivity contribution is 6.04. The largest absolute Gasteiger partial charge is 0.352 e. The Hall–Kier alpha value is -2.73. The molecule has 5 nitrogen and oxygen atoms in total. The van der Waals surface area contributed by atoms with Crippen LogP contribution >= 0.6 is 0 Å². The van der Waals surface area contributed by atoms with Gasteiger partial charge in [0, 0.05) is 30.3 Å². The first-order valence-electron chi connectivity index (χ1n) is 8.76. The summed E-state index contributed by atoms with van der Waals surface area (Å²) < 4.78 is 13.2. The number of halogens is 1. The minimum absolute atomic E-state index is 0.0126. The van der Waals surface area contributed by atoms with Gasteiger partial charge in [0.1, 0.15) is 5.82 Å². The van der Waals surface area contributed by atoms with Crippen LogP contribution in [0.5, 0.6) is 0 Å². The second-order valence-electron chi connectivity index (χ2n) is 6.44. The number of carbonyl (C=O) groups excluding carboxylic acids is 2. The van der Waals surface area contributed by atoms with Gasteiger partial charge in [-0.2, -0.15) is 0 Å². The Balaban J connectivity index is 1.54. The quantitative estimate of drug-likeness (QED) is 0.746. The lowest BCUT2D eigenvalue weighted by molar-refractivity contribution is -0.121. The van der Waals surface area contributed by atoms with E-state index in [2.05, 4.69) is 16.0 Å². The van der Waals surface area contributed by atoms with Crippen LogP contribution in [-0.2, 0) is 11.3 Å². The van der Waals surface area contributed by atoms with E-state index in [-0.39, 0.29) is 23.4 Å². The van der Waals surface area contributed by atoms with E-state index in [9.17, 15) is 14.0 Å². The summed E-state index contributed by atoms with van der Waals surface area (Å²) >= 11 is 0. The van der Waals surface area contributed by atoms with Crippen molar-refractivity contribution >= 4 is 17.5 Å². The summed E-state index contributed by atoms with van der Waals surface area (Å²) in [5.74, 6) is -0.817. The Bertz CT molecular complexity index is 788. The molecule has 26 heavy (non-hydrogen) atoms. The zero-order valence-electron chi connectivity index (χ0n) is 14.4. The fourth-order valence-corrected chi connectivity index (χ4v) is 3.02. The smallest absolute Gasteiger partial charge is 0.255 e. The topological polar surface area (TPSA) is 70.2 Å². The maximum absolute atomic E-state index is 13.2. The molecule has 6 heteroatoms. The van der Waals surface area contributed by atoms with Crippen LogP contribution in [0.25, 0.3) is 0 Å². The fourth-order valence-electron chi connectivity index (χ4n) is 3.02. The molecule has 2 aromatic carbocycles. The zero-order chi connectivity index (χ0) is 18.4. The molecule has 0 aliphatic carbocycles. The van der Waals surface area contributed by atoms with Crippen molar-refractivity contribution in [2.45, 2.75) is 31.8 Å². The summed E-state index contributed by atoms with van der Waals surface area (Å²) in [6.07, 6.45) is 2.63. The van der Waals surface area contributed by atoms with Crippen LogP contribution in [0.2, 0.25) is 0 Å². The van der Waals surface area contributed by atoms with Crippen molar-refractivity contribution in [3.8, 4) is 0 Å². The lowest BCUT2D eigenvalue weighted by Gasteiger charge is -2.11. The molecular formula is C20H22FN3O2. The van der Waals surface area contributed by atoms with Gasteiger partial charge in [0.05, 0.1) is 0 Å². The fraction of sp³-hybridized carbons (Fsp3) is 0.300. The van der Waals surface area contributed by atoms with Gasteiger partial charge in [-0.15, -0.1) is 0 Å². The molecule has 1 heterocycles. The second kappa shape index (κ2) is 8.58. The first kappa shape index (κ1) is 18.1. The van der Waals surface area contributed by atoms with Crippen molar-refractivity contribution in [3.05, 3.63) is 65.5 Å². The number of rotatable bonds is 6. The van der Waals surface area contributed by atoms with Crippen LogP contribution in [0.3, 0.4) is 0 Å². The standard InChI is InChI=1S/C20H22FN3O2/c21-16-6-2-5-15(11-16)20(26)24-18-7-1-4-14(10-18)13-23-19(25)12-17-8-3-9-22-17/h1-2,4-7,10-11,17,22H,3,8-9,12-13H2,(H,23,25)(H,24,26). The van der Waals surface area contributed by atoms with Gasteiger partial charge >= 0.3 is 0 Å². The molecule has 0 bridgehead atoms. The van der Waals surface area contributed by atoms with Crippen molar-refractivity contribution in [2.24, 2.45) is 0 Å². The number of nitrogens with one attached hydrogen (secondary N) is 3. The lowest BCUT2D eigenvalue weighted by Crippen LogP contribution is -2.31. The number of amides is 2. The third-order valence-electron chi connectivity index (χ3n) is 4.36. The van der Waals surface area contributed by atoms with E-state index < -0.39 is 5.82 Å². The average molecular weight is 355 g/mol. The number of hydrogen-bond donors (Lipinski definition) is 3. The SMILES string of the molecule is O=C(CC1CCCN1)NCc1cccc(NC(=O)c2cccc(F)c2)c1. The molecule has 0 aromatic heterocycles. The molecule has 0 radical (unpaired) electrons. The Morgan fingerprint density at radius 2 is 2.00 bits per heavy atom. The monoisotopic (exact) mass is 355 g/mol. The van der Waals surface area contributed by atoms with Gasteiger partial charge in [-0.1, -0.05) is 18.2 Å². The summed E-state index contributed by atoms with van der Waals surface area (Å²) in [5, 5.41) is 8.95.